The van der Waals surface area contributed by atoms with E-state index >= 15 is 0 Å². The zero-order valence-electron chi connectivity index (χ0n) is 9.94. The lowest BCUT2D eigenvalue weighted by Crippen LogP contribution is -1.90. The first kappa shape index (κ1) is 11.5. The van der Waals surface area contributed by atoms with Crippen molar-refractivity contribution in [2.45, 2.75) is 13.8 Å². The number of halogens is 1. The zero-order valence-corrected chi connectivity index (χ0v) is 9.94. The fraction of sp³-hybridized carbons (Fsp3) is 0.133. The SMILES string of the molecule is C/C=C\c1ncc(-c2ccccc2F)cc1C. The Labute approximate surface area is 101 Å². The van der Waals surface area contributed by atoms with Crippen LogP contribution in [0.25, 0.3) is 17.2 Å². The van der Waals surface area contributed by atoms with E-state index in [1.165, 1.54) is 6.07 Å². The van der Waals surface area contributed by atoms with E-state index in [1.807, 2.05) is 38.1 Å². The fourth-order valence-electron chi connectivity index (χ4n) is 1.76. The first-order valence-electron chi connectivity index (χ1n) is 5.56. The van der Waals surface area contributed by atoms with Crippen molar-refractivity contribution in [1.82, 2.24) is 4.98 Å². The zero-order chi connectivity index (χ0) is 12.3. The second-order valence-electron chi connectivity index (χ2n) is 3.91. The second-order valence-corrected chi connectivity index (χ2v) is 3.91. The lowest BCUT2D eigenvalue weighted by Gasteiger charge is -2.06. The highest BCUT2D eigenvalue weighted by Gasteiger charge is 2.05. The minimum absolute atomic E-state index is 0.215. The second kappa shape index (κ2) is 4.91. The van der Waals surface area contributed by atoms with Gasteiger partial charge in [0.2, 0.25) is 0 Å². The standard InChI is InChI=1S/C15H14FN/c1-3-6-15-11(2)9-12(10-17-15)13-7-4-5-8-14(13)16/h3-10H,1-2H3/b6-3-. The molecule has 0 fully saturated rings. The molecule has 0 bridgehead atoms. The van der Waals surface area contributed by atoms with Crippen molar-refractivity contribution in [2.24, 2.45) is 0 Å². The van der Waals surface area contributed by atoms with Gasteiger partial charge in [-0.3, -0.25) is 4.98 Å². The molecule has 2 heteroatoms. The molecule has 2 aromatic rings. The molecule has 0 atom stereocenters. The van der Waals surface area contributed by atoms with Gasteiger partial charge in [-0.05, 0) is 37.6 Å². The lowest BCUT2D eigenvalue weighted by molar-refractivity contribution is 0.631. The monoisotopic (exact) mass is 227 g/mol. The van der Waals surface area contributed by atoms with Crippen molar-refractivity contribution in [3.8, 4) is 11.1 Å². The average Bonchev–Trinajstić information content (AvgIpc) is 2.33. The molecule has 0 amide bonds. The lowest BCUT2D eigenvalue weighted by atomic mass is 10.0. The quantitative estimate of drug-likeness (QED) is 0.748. The highest BCUT2D eigenvalue weighted by atomic mass is 19.1. The summed E-state index contributed by atoms with van der Waals surface area (Å²) < 4.78 is 13.6. The van der Waals surface area contributed by atoms with Gasteiger partial charge in [0.1, 0.15) is 5.82 Å². The highest BCUT2D eigenvalue weighted by Crippen LogP contribution is 2.23. The molecule has 0 saturated heterocycles. The van der Waals surface area contributed by atoms with Crippen molar-refractivity contribution >= 4 is 6.08 Å². The largest absolute Gasteiger partial charge is 0.256 e. The van der Waals surface area contributed by atoms with Crippen LogP contribution in [0.15, 0.2) is 42.6 Å². The average molecular weight is 227 g/mol. The number of rotatable bonds is 2. The van der Waals surface area contributed by atoms with Gasteiger partial charge in [0.05, 0.1) is 5.69 Å². The summed E-state index contributed by atoms with van der Waals surface area (Å²) in [5.74, 6) is -0.215. The number of allylic oxidation sites excluding steroid dienone is 1. The summed E-state index contributed by atoms with van der Waals surface area (Å²) in [4.78, 5) is 4.33. The molecule has 0 aliphatic carbocycles. The number of hydrogen-bond acceptors (Lipinski definition) is 1. The molecule has 2 rings (SSSR count). The van der Waals surface area contributed by atoms with Gasteiger partial charge >= 0.3 is 0 Å². The molecule has 0 saturated carbocycles. The summed E-state index contributed by atoms with van der Waals surface area (Å²) in [6.07, 6.45) is 5.60. The van der Waals surface area contributed by atoms with Crippen LogP contribution in [0.2, 0.25) is 0 Å². The van der Waals surface area contributed by atoms with E-state index in [0.29, 0.717) is 5.56 Å². The van der Waals surface area contributed by atoms with Crippen molar-refractivity contribution in [1.29, 1.82) is 0 Å². The summed E-state index contributed by atoms with van der Waals surface area (Å²) in [7, 11) is 0. The predicted molar refractivity (Wildman–Crippen MR) is 69.1 cm³/mol. The van der Waals surface area contributed by atoms with Gasteiger partial charge < -0.3 is 0 Å². The highest BCUT2D eigenvalue weighted by molar-refractivity contribution is 5.65. The summed E-state index contributed by atoms with van der Waals surface area (Å²) in [6, 6.07) is 8.70. The number of aromatic nitrogens is 1. The Kier molecular flexibility index (Phi) is 3.33. The molecule has 0 aliphatic rings. The Morgan fingerprint density at radius 3 is 2.65 bits per heavy atom. The van der Waals surface area contributed by atoms with Crippen LogP contribution < -0.4 is 0 Å². The van der Waals surface area contributed by atoms with Crippen molar-refractivity contribution < 1.29 is 4.39 Å². The van der Waals surface area contributed by atoms with E-state index in [1.54, 1.807) is 18.3 Å². The van der Waals surface area contributed by atoms with E-state index in [9.17, 15) is 4.39 Å². The predicted octanol–water partition coefficient (Wildman–Crippen LogP) is 4.23. The molecule has 1 aromatic carbocycles. The molecule has 0 N–H and O–H groups in total. The summed E-state index contributed by atoms with van der Waals surface area (Å²) in [5, 5.41) is 0. The molecular weight excluding hydrogens is 213 g/mol. The molecule has 1 nitrogen and oxygen atoms in total. The molecule has 0 spiro atoms. The van der Waals surface area contributed by atoms with Gasteiger partial charge in [-0.25, -0.2) is 4.39 Å². The molecule has 0 radical (unpaired) electrons. The third-order valence-corrected chi connectivity index (χ3v) is 2.63. The minimum atomic E-state index is -0.215. The molecular formula is C15H14FN. The third-order valence-electron chi connectivity index (χ3n) is 2.63. The van der Waals surface area contributed by atoms with Gasteiger partial charge in [0, 0.05) is 17.3 Å². The van der Waals surface area contributed by atoms with Crippen LogP contribution in [0.1, 0.15) is 18.2 Å². The van der Waals surface area contributed by atoms with Crippen LogP contribution in [-0.4, -0.2) is 4.98 Å². The Balaban J connectivity index is 2.48. The Morgan fingerprint density at radius 1 is 1.24 bits per heavy atom. The maximum Gasteiger partial charge on any atom is 0.131 e. The van der Waals surface area contributed by atoms with Crippen LogP contribution in [0.3, 0.4) is 0 Å². The first-order chi connectivity index (χ1) is 8.22. The summed E-state index contributed by atoms with van der Waals surface area (Å²) >= 11 is 0. The van der Waals surface area contributed by atoms with Crippen LogP contribution >= 0.6 is 0 Å². The van der Waals surface area contributed by atoms with Gasteiger partial charge in [0.15, 0.2) is 0 Å². The molecule has 0 aliphatic heterocycles. The van der Waals surface area contributed by atoms with Gasteiger partial charge in [-0.15, -0.1) is 0 Å². The first-order valence-corrected chi connectivity index (χ1v) is 5.56. The third kappa shape index (κ3) is 2.41. The number of benzene rings is 1. The fourth-order valence-corrected chi connectivity index (χ4v) is 1.76. The van der Waals surface area contributed by atoms with E-state index in [-0.39, 0.29) is 5.82 Å². The van der Waals surface area contributed by atoms with Crippen LogP contribution in [0.4, 0.5) is 4.39 Å². The number of pyridine rings is 1. The number of aryl methyl sites for hydroxylation is 1. The van der Waals surface area contributed by atoms with E-state index in [2.05, 4.69) is 4.98 Å². The summed E-state index contributed by atoms with van der Waals surface area (Å²) in [6.45, 7) is 3.93. The van der Waals surface area contributed by atoms with E-state index < -0.39 is 0 Å². The molecule has 0 unspecified atom stereocenters. The molecule has 1 heterocycles. The Morgan fingerprint density at radius 2 is 2.00 bits per heavy atom. The van der Waals surface area contributed by atoms with Crippen LogP contribution in [0.5, 0.6) is 0 Å². The number of hydrogen-bond donors (Lipinski definition) is 0. The Bertz CT molecular complexity index is 559. The molecule has 86 valence electrons. The Hall–Kier alpha value is -1.96. The van der Waals surface area contributed by atoms with E-state index in [4.69, 9.17) is 0 Å². The van der Waals surface area contributed by atoms with Crippen LogP contribution in [0, 0.1) is 12.7 Å². The smallest absolute Gasteiger partial charge is 0.131 e. The van der Waals surface area contributed by atoms with Gasteiger partial charge in [-0.1, -0.05) is 24.3 Å². The van der Waals surface area contributed by atoms with Gasteiger partial charge in [0.25, 0.3) is 0 Å². The maximum absolute atomic E-state index is 13.6. The topological polar surface area (TPSA) is 12.9 Å². The van der Waals surface area contributed by atoms with E-state index in [0.717, 1.165) is 16.8 Å². The maximum atomic E-state index is 13.6. The summed E-state index contributed by atoms with van der Waals surface area (Å²) in [5.41, 5.74) is 3.38. The van der Waals surface area contributed by atoms with Crippen LogP contribution in [-0.2, 0) is 0 Å². The van der Waals surface area contributed by atoms with Crippen molar-refractivity contribution in [2.75, 3.05) is 0 Å². The van der Waals surface area contributed by atoms with Crippen molar-refractivity contribution in [3.63, 3.8) is 0 Å². The normalized spacial score (nSPS) is 11.0. The minimum Gasteiger partial charge on any atom is -0.256 e. The van der Waals surface area contributed by atoms with Gasteiger partial charge in [-0.2, -0.15) is 0 Å². The van der Waals surface area contributed by atoms with Crippen molar-refractivity contribution in [3.05, 3.63) is 59.7 Å². The molecule has 1 aromatic heterocycles. The molecule has 17 heavy (non-hydrogen) atoms. The number of nitrogens with zero attached hydrogens (tertiary/aromatic N) is 1.